The van der Waals surface area contributed by atoms with Crippen LogP contribution in [0.2, 0.25) is 0 Å². The highest BCUT2D eigenvalue weighted by atomic mass is 35.5. The fourth-order valence-electron chi connectivity index (χ4n) is 6.05. The molecule has 54 heavy (non-hydrogen) atoms. The molecule has 2 aliphatic rings. The van der Waals surface area contributed by atoms with Crippen molar-refractivity contribution in [2.24, 2.45) is 5.73 Å². The van der Waals surface area contributed by atoms with Crippen LogP contribution < -0.4 is 20.9 Å². The summed E-state index contributed by atoms with van der Waals surface area (Å²) in [7, 11) is 0. The van der Waals surface area contributed by atoms with Gasteiger partial charge in [0.25, 0.3) is 5.91 Å². The molecule has 6 aromatic rings. The zero-order chi connectivity index (χ0) is 37.2. The molecule has 4 N–H and O–H groups in total. The van der Waals surface area contributed by atoms with Gasteiger partial charge in [0.05, 0.1) is 43.5 Å². The van der Waals surface area contributed by atoms with Gasteiger partial charge in [-0.1, -0.05) is 36.4 Å². The number of anilines is 2. The molecule has 0 radical (unpaired) electrons. The molecule has 1 amide bonds. The minimum absolute atomic E-state index is 0. The number of morpholine rings is 2. The van der Waals surface area contributed by atoms with Gasteiger partial charge in [-0.3, -0.25) is 4.79 Å². The average Bonchev–Trinajstić information content (AvgIpc) is 3.85. The Morgan fingerprint density at radius 1 is 0.685 bits per heavy atom. The number of nitrogens with two attached hydrogens (primary N) is 1. The predicted octanol–water partition coefficient (Wildman–Crippen LogP) is 5.66. The van der Waals surface area contributed by atoms with E-state index in [1.165, 1.54) is 27.5 Å². The number of carbonyl (C=O) groups is 2. The van der Waals surface area contributed by atoms with E-state index in [-0.39, 0.29) is 36.1 Å². The average molecular weight is 755 g/mol. The lowest BCUT2D eigenvalue weighted by atomic mass is 10.1. The maximum Gasteiger partial charge on any atom is 0.356 e. The first-order valence-electron chi connectivity index (χ1n) is 17.8. The second kappa shape index (κ2) is 19.0. The van der Waals surface area contributed by atoms with Gasteiger partial charge in [0.1, 0.15) is 0 Å². The van der Waals surface area contributed by atoms with E-state index in [1.54, 1.807) is 28.9 Å². The number of amides is 1. The molecule has 2 saturated heterocycles. The van der Waals surface area contributed by atoms with Crippen molar-refractivity contribution in [1.82, 2.24) is 24.5 Å². The zero-order valence-corrected chi connectivity index (χ0v) is 31.3. The van der Waals surface area contributed by atoms with Crippen LogP contribution >= 0.6 is 12.4 Å². The van der Waals surface area contributed by atoms with Gasteiger partial charge in [-0.25, -0.2) is 13.8 Å². The number of rotatable bonds is 7. The van der Waals surface area contributed by atoms with Gasteiger partial charge in [0, 0.05) is 56.0 Å². The van der Waals surface area contributed by atoms with Gasteiger partial charge < -0.3 is 35.4 Å². The second-order valence-corrected chi connectivity index (χ2v) is 12.9. The van der Waals surface area contributed by atoms with Crippen molar-refractivity contribution in [3.05, 3.63) is 132 Å². The van der Waals surface area contributed by atoms with E-state index >= 15 is 0 Å². The van der Waals surface area contributed by atoms with E-state index < -0.39 is 5.97 Å². The number of halogens is 1. The summed E-state index contributed by atoms with van der Waals surface area (Å²) in [5.41, 5.74) is 12.7. The number of carboxylic acids is 1. The van der Waals surface area contributed by atoms with Crippen LogP contribution in [-0.4, -0.2) is 88.8 Å². The van der Waals surface area contributed by atoms with Crippen molar-refractivity contribution in [2.75, 3.05) is 62.4 Å². The van der Waals surface area contributed by atoms with Crippen LogP contribution in [0.5, 0.6) is 0 Å². The number of aromatic carboxylic acids is 1. The number of hydrogen-bond acceptors (Lipinski definition) is 9. The Morgan fingerprint density at radius 2 is 1.13 bits per heavy atom. The topological polar surface area (TPSA) is 152 Å². The molecule has 0 spiro atoms. The molecule has 13 nitrogen and oxygen atoms in total. The number of ether oxygens (including phenoxy) is 2. The first-order chi connectivity index (χ1) is 25.7. The third-order valence-corrected chi connectivity index (χ3v) is 9.10. The number of nitrogens with one attached hydrogen (secondary N) is 1. The molecule has 2 aromatic carbocycles. The van der Waals surface area contributed by atoms with Crippen LogP contribution in [0.15, 0.2) is 109 Å². The third kappa shape index (κ3) is 10.4. The molecular formula is C40H47ClN8O5. The lowest BCUT2D eigenvalue weighted by Crippen LogP contribution is -2.36. The fourth-order valence-corrected chi connectivity index (χ4v) is 6.05. The molecule has 6 heterocycles. The molecule has 14 heteroatoms. The molecule has 8 rings (SSSR count). The molecule has 0 unspecified atom stereocenters. The monoisotopic (exact) mass is 754 g/mol. The lowest BCUT2D eigenvalue weighted by Gasteiger charge is -2.29. The van der Waals surface area contributed by atoms with Crippen LogP contribution in [0, 0.1) is 0 Å². The second-order valence-electron chi connectivity index (χ2n) is 12.9. The Hall–Kier alpha value is -5.47. The first-order valence-corrected chi connectivity index (χ1v) is 17.8. The number of hydrogen-bond donors (Lipinski definition) is 3. The first kappa shape index (κ1) is 39.7. The van der Waals surface area contributed by atoms with Crippen LogP contribution in [0.4, 0.5) is 11.4 Å². The molecule has 2 atom stereocenters. The van der Waals surface area contributed by atoms with E-state index in [0.717, 1.165) is 69.2 Å². The summed E-state index contributed by atoms with van der Waals surface area (Å²) in [6, 6.07) is 31.4. The Kier molecular flexibility index (Phi) is 14.0. The van der Waals surface area contributed by atoms with Crippen LogP contribution in [0.1, 0.15) is 58.0 Å². The maximum absolute atomic E-state index is 12.5. The lowest BCUT2D eigenvalue weighted by molar-refractivity contribution is 0.0689. The third-order valence-electron chi connectivity index (χ3n) is 9.10. The number of nitrogens with zero attached hydrogens (tertiary/aromatic N) is 6. The van der Waals surface area contributed by atoms with Crippen molar-refractivity contribution in [3.63, 3.8) is 0 Å². The minimum atomic E-state index is -1.00. The highest BCUT2D eigenvalue weighted by Crippen LogP contribution is 2.21. The van der Waals surface area contributed by atoms with E-state index in [4.69, 9.17) is 20.3 Å². The van der Waals surface area contributed by atoms with E-state index in [9.17, 15) is 9.59 Å². The van der Waals surface area contributed by atoms with E-state index in [0.29, 0.717) is 5.69 Å². The summed E-state index contributed by atoms with van der Waals surface area (Å²) in [5.74, 6) is -1.17. The van der Waals surface area contributed by atoms with Crippen LogP contribution in [-0.2, 0) is 9.47 Å². The summed E-state index contributed by atoms with van der Waals surface area (Å²) in [5, 5.41) is 19.8. The molecule has 284 valence electrons. The molecule has 0 saturated carbocycles. The smallest absolute Gasteiger partial charge is 0.356 e. The standard InChI is InChI=1S/C20H22N4O2.C12H18N2O.C8H6N2O2.ClH/c1-15(16-5-7-17(8-6-16)23-10-12-26-13-11-23)21-20(25)19-14-18-4-2-3-9-24(18)22-19;1-10(13)11-2-4-12(5-3-11)14-6-8-15-9-7-14;11-8(12)7-5-6-3-1-2-4-10(6)9-7;/h2-9,14-15H,10-13H2,1H3,(H,21,25);2-5,10H,6-9,13H2,1H3;1-5H,(H,11,12);1H/t15-;10-;;/m11../s1. The summed E-state index contributed by atoms with van der Waals surface area (Å²) in [6.45, 7) is 11.0. The Balaban J connectivity index is 0.000000170. The van der Waals surface area contributed by atoms with Gasteiger partial charge in [-0.05, 0) is 85.6 Å². The number of carboxylic acid groups (broad SMARTS) is 1. The highest BCUT2D eigenvalue weighted by Gasteiger charge is 2.16. The van der Waals surface area contributed by atoms with Gasteiger partial charge in [-0.2, -0.15) is 10.2 Å². The van der Waals surface area contributed by atoms with Crippen molar-refractivity contribution >= 4 is 46.7 Å². The van der Waals surface area contributed by atoms with Gasteiger partial charge in [0.15, 0.2) is 11.4 Å². The fraction of sp³-hybridized carbons (Fsp3) is 0.300. The maximum atomic E-state index is 12.5. The zero-order valence-electron chi connectivity index (χ0n) is 30.5. The number of fused-ring (bicyclic) bond motifs is 2. The van der Waals surface area contributed by atoms with Crippen molar-refractivity contribution in [2.45, 2.75) is 25.9 Å². The van der Waals surface area contributed by atoms with Crippen LogP contribution in [0.3, 0.4) is 0 Å². The van der Waals surface area contributed by atoms with Crippen molar-refractivity contribution in [1.29, 1.82) is 0 Å². The molecule has 0 bridgehead atoms. The van der Waals surface area contributed by atoms with Crippen molar-refractivity contribution in [3.8, 4) is 0 Å². The Labute approximate surface area is 320 Å². The van der Waals surface area contributed by atoms with Gasteiger partial charge in [0.2, 0.25) is 0 Å². The summed E-state index contributed by atoms with van der Waals surface area (Å²) in [4.78, 5) is 27.7. The van der Waals surface area contributed by atoms with Crippen molar-refractivity contribution < 1.29 is 24.2 Å². The summed E-state index contributed by atoms with van der Waals surface area (Å²) < 4.78 is 14.0. The molecule has 2 fully saturated rings. The van der Waals surface area contributed by atoms with Crippen LogP contribution in [0.25, 0.3) is 11.0 Å². The number of aromatic nitrogens is 4. The molecule has 4 aromatic heterocycles. The van der Waals surface area contributed by atoms with Gasteiger partial charge in [-0.15, -0.1) is 12.4 Å². The largest absolute Gasteiger partial charge is 0.476 e. The SMILES string of the molecule is C[C@@H](N)c1ccc(N2CCOCC2)cc1.C[C@@H](NC(=O)c1cc2ccccn2n1)c1ccc(N2CCOCC2)cc1.Cl.O=C(O)c1cc2ccccn2n1. The summed E-state index contributed by atoms with van der Waals surface area (Å²) >= 11 is 0. The number of carbonyl (C=O) groups excluding carboxylic acids is 1. The van der Waals surface area contributed by atoms with E-state index in [2.05, 4.69) is 73.8 Å². The highest BCUT2D eigenvalue weighted by molar-refractivity contribution is 5.93. The molecule has 2 aliphatic heterocycles. The summed E-state index contributed by atoms with van der Waals surface area (Å²) in [6.07, 6.45) is 3.54. The minimum Gasteiger partial charge on any atom is -0.476 e. The predicted molar refractivity (Wildman–Crippen MR) is 212 cm³/mol. The van der Waals surface area contributed by atoms with Gasteiger partial charge >= 0.3 is 5.97 Å². The number of pyridine rings is 2. The Bertz CT molecular complexity index is 2020. The molecule has 0 aliphatic carbocycles. The quantitative estimate of drug-likeness (QED) is 0.186. The normalized spacial score (nSPS) is 15.2. The van der Waals surface area contributed by atoms with E-state index in [1.807, 2.05) is 44.3 Å². The Morgan fingerprint density at radius 3 is 1.57 bits per heavy atom. The molecular weight excluding hydrogens is 708 g/mol. The number of benzene rings is 2.